The van der Waals surface area contributed by atoms with Crippen LogP contribution in [0.2, 0.25) is 0 Å². The van der Waals surface area contributed by atoms with E-state index < -0.39 is 11.3 Å². The molecule has 0 saturated carbocycles. The van der Waals surface area contributed by atoms with E-state index in [0.717, 1.165) is 33.6 Å². The number of rotatable bonds is 6. The molecule has 0 atom stereocenters. The Morgan fingerprint density at radius 3 is 1.29 bits per heavy atom. The van der Waals surface area contributed by atoms with Gasteiger partial charge < -0.3 is 18.6 Å². The molecule has 0 unspecified atom stereocenters. The zero-order chi connectivity index (χ0) is 29.4. The number of hydrogen-bond donors (Lipinski definition) is 0. The van der Waals surface area contributed by atoms with Gasteiger partial charge >= 0.3 is 11.3 Å². The summed E-state index contributed by atoms with van der Waals surface area (Å²) < 4.78 is 11.1. The molecule has 8 heteroatoms. The van der Waals surface area contributed by atoms with Gasteiger partial charge in [0.15, 0.2) is 0 Å². The number of fused-ring (bicyclic) bond motifs is 2. The molecular formula is C34H28N4O4. The van der Waals surface area contributed by atoms with Crippen LogP contribution in [-0.4, -0.2) is 38.2 Å². The fourth-order valence-corrected chi connectivity index (χ4v) is 4.59. The quantitative estimate of drug-likeness (QED) is 0.220. The Morgan fingerprint density at radius 2 is 0.929 bits per heavy atom. The second kappa shape index (κ2) is 10.8. The molecule has 0 radical (unpaired) electrons. The number of aromatic nitrogens is 2. The summed E-state index contributed by atoms with van der Waals surface area (Å²) in [5.74, 6) is 0.562. The molecule has 6 rings (SSSR count). The maximum atomic E-state index is 12.6. The number of anilines is 2. The molecule has 0 aliphatic rings. The third-order valence-electron chi connectivity index (χ3n) is 7.04. The molecule has 0 aliphatic heterocycles. The van der Waals surface area contributed by atoms with Gasteiger partial charge in [0, 0.05) is 50.7 Å². The third-order valence-corrected chi connectivity index (χ3v) is 7.04. The summed E-state index contributed by atoms with van der Waals surface area (Å²) in [7, 11) is 7.67. The first-order valence-electron chi connectivity index (χ1n) is 13.4. The minimum atomic E-state index is -0.414. The van der Waals surface area contributed by atoms with Gasteiger partial charge in [0.2, 0.25) is 11.8 Å². The molecule has 42 heavy (non-hydrogen) atoms. The lowest BCUT2D eigenvalue weighted by molar-refractivity contribution is 0.518. The first kappa shape index (κ1) is 26.7. The Balaban J connectivity index is 1.19. The first-order chi connectivity index (χ1) is 20.2. The molecule has 0 N–H and O–H groups in total. The fourth-order valence-electron chi connectivity index (χ4n) is 4.59. The molecule has 2 aromatic heterocycles. The highest BCUT2D eigenvalue weighted by atomic mass is 16.4. The maximum absolute atomic E-state index is 12.6. The molecule has 0 spiro atoms. The first-order valence-corrected chi connectivity index (χ1v) is 13.4. The molecule has 4 aromatic carbocycles. The van der Waals surface area contributed by atoms with E-state index >= 15 is 0 Å². The van der Waals surface area contributed by atoms with E-state index in [-0.39, 0.29) is 11.8 Å². The predicted octanol–water partition coefficient (Wildman–Crippen LogP) is 6.33. The molecule has 208 valence electrons. The summed E-state index contributed by atoms with van der Waals surface area (Å²) in [6.07, 6.45) is 3.98. The van der Waals surface area contributed by atoms with Gasteiger partial charge in [-0.05, 0) is 71.8 Å². The van der Waals surface area contributed by atoms with Crippen LogP contribution < -0.4 is 21.1 Å². The lowest BCUT2D eigenvalue weighted by Crippen LogP contribution is -2.10. The average Bonchev–Trinajstić information content (AvgIpc) is 3.00. The van der Waals surface area contributed by atoms with E-state index in [0.29, 0.717) is 21.8 Å². The smallest absolute Gasteiger partial charge is 0.347 e. The van der Waals surface area contributed by atoms with Crippen LogP contribution in [0.15, 0.2) is 103 Å². The van der Waals surface area contributed by atoms with Gasteiger partial charge in [0.05, 0.1) is 21.8 Å². The lowest BCUT2D eigenvalue weighted by Gasteiger charge is -2.12. The Bertz CT molecular complexity index is 1920. The largest absolute Gasteiger partial charge is 0.403 e. The van der Waals surface area contributed by atoms with Crippen molar-refractivity contribution in [1.82, 2.24) is 9.97 Å². The van der Waals surface area contributed by atoms with Crippen molar-refractivity contribution in [2.24, 2.45) is 0 Å². The number of nitrogens with zero attached hydrogens (tertiary/aromatic N) is 4. The molecule has 0 aliphatic carbocycles. The molecular weight excluding hydrogens is 528 g/mol. The van der Waals surface area contributed by atoms with Gasteiger partial charge in [-0.15, -0.1) is 0 Å². The van der Waals surface area contributed by atoms with E-state index in [1.807, 2.05) is 123 Å². The topological polar surface area (TPSA) is 92.7 Å². The molecule has 0 saturated heterocycles. The summed E-state index contributed by atoms with van der Waals surface area (Å²) in [6, 6.07) is 26.4. The maximum Gasteiger partial charge on any atom is 0.347 e. The van der Waals surface area contributed by atoms with Crippen molar-refractivity contribution in [3.05, 3.63) is 117 Å². The summed E-state index contributed by atoms with van der Waals surface area (Å²) >= 11 is 0. The number of hydrogen-bond acceptors (Lipinski definition) is 8. The fraction of sp³-hybridized carbons (Fsp3) is 0.118. The van der Waals surface area contributed by atoms with Crippen LogP contribution >= 0.6 is 0 Å². The van der Waals surface area contributed by atoms with Crippen LogP contribution in [0.4, 0.5) is 11.4 Å². The Morgan fingerprint density at radius 1 is 0.548 bits per heavy atom. The minimum Gasteiger partial charge on any atom is -0.403 e. The Labute approximate surface area is 241 Å². The summed E-state index contributed by atoms with van der Waals surface area (Å²) in [6.45, 7) is 0. The Kier molecular flexibility index (Phi) is 6.88. The van der Waals surface area contributed by atoms with Crippen LogP contribution in [-0.2, 0) is 0 Å². The molecule has 8 nitrogen and oxygen atoms in total. The highest BCUT2D eigenvalue weighted by Gasteiger charge is 2.11. The van der Waals surface area contributed by atoms with Gasteiger partial charge in [0.1, 0.15) is 0 Å². The van der Waals surface area contributed by atoms with Crippen LogP contribution in [0, 0.1) is 0 Å². The minimum absolute atomic E-state index is 0.281. The van der Waals surface area contributed by atoms with Crippen molar-refractivity contribution < 1.29 is 8.83 Å². The summed E-state index contributed by atoms with van der Waals surface area (Å²) in [5.41, 5.74) is 5.56. The van der Waals surface area contributed by atoms with E-state index in [9.17, 15) is 9.59 Å². The van der Waals surface area contributed by atoms with Crippen LogP contribution in [0.1, 0.15) is 11.1 Å². The van der Waals surface area contributed by atoms with Crippen molar-refractivity contribution in [1.29, 1.82) is 0 Å². The average molecular weight is 557 g/mol. The molecule has 0 fully saturated rings. The van der Waals surface area contributed by atoms with Crippen LogP contribution in [0.5, 0.6) is 0 Å². The van der Waals surface area contributed by atoms with E-state index in [1.165, 1.54) is 0 Å². The van der Waals surface area contributed by atoms with E-state index in [1.54, 1.807) is 12.1 Å². The predicted molar refractivity (Wildman–Crippen MR) is 169 cm³/mol. The zero-order valence-corrected chi connectivity index (χ0v) is 23.7. The third kappa shape index (κ3) is 5.30. The van der Waals surface area contributed by atoms with Crippen molar-refractivity contribution >= 4 is 45.3 Å². The SMILES string of the molecule is CN(C)c1ccc2nc(-c3ccc(/C=C/c4ccc(-c5nc6ccc(N(C)C)cc6c(=O)o5)cc4)cc3)oc(=O)c2c1. The summed E-state index contributed by atoms with van der Waals surface area (Å²) in [4.78, 5) is 38.2. The van der Waals surface area contributed by atoms with E-state index in [2.05, 4.69) is 9.97 Å². The van der Waals surface area contributed by atoms with Crippen molar-refractivity contribution in [3.63, 3.8) is 0 Å². The molecule has 2 heterocycles. The van der Waals surface area contributed by atoms with Gasteiger partial charge in [0.25, 0.3) is 0 Å². The monoisotopic (exact) mass is 556 g/mol. The second-order valence-corrected chi connectivity index (χ2v) is 10.4. The molecule has 0 bridgehead atoms. The standard InChI is InChI=1S/C34H28N4O4/c1-37(2)25-15-17-29-27(19-25)33(39)41-31(35-29)23-11-7-21(8-12-23)5-6-22-9-13-24(14-10-22)32-36-30-18-16-26(38(3)4)20-28(30)34(40)42-32/h5-20H,1-4H3/b6-5+. The normalized spacial score (nSPS) is 11.4. The van der Waals surface area contributed by atoms with Crippen molar-refractivity contribution in [3.8, 4) is 22.9 Å². The van der Waals surface area contributed by atoms with Crippen molar-refractivity contribution in [2.75, 3.05) is 38.0 Å². The molecule has 0 amide bonds. The van der Waals surface area contributed by atoms with Crippen molar-refractivity contribution in [2.45, 2.75) is 0 Å². The Hall–Kier alpha value is -5.50. The zero-order valence-electron chi connectivity index (χ0n) is 23.7. The highest BCUT2D eigenvalue weighted by Crippen LogP contribution is 2.24. The highest BCUT2D eigenvalue weighted by molar-refractivity contribution is 5.84. The van der Waals surface area contributed by atoms with Gasteiger partial charge in [-0.1, -0.05) is 36.4 Å². The van der Waals surface area contributed by atoms with E-state index in [4.69, 9.17) is 8.83 Å². The van der Waals surface area contributed by atoms with Gasteiger partial charge in [-0.3, -0.25) is 0 Å². The molecule has 6 aromatic rings. The van der Waals surface area contributed by atoms with Gasteiger partial charge in [-0.2, -0.15) is 0 Å². The van der Waals surface area contributed by atoms with Gasteiger partial charge in [-0.25, -0.2) is 19.6 Å². The lowest BCUT2D eigenvalue weighted by atomic mass is 10.1. The summed E-state index contributed by atoms with van der Waals surface area (Å²) in [5, 5.41) is 0.903. The van der Waals surface area contributed by atoms with Crippen LogP contribution in [0.25, 0.3) is 56.9 Å². The van der Waals surface area contributed by atoms with Crippen LogP contribution in [0.3, 0.4) is 0 Å². The second-order valence-electron chi connectivity index (χ2n) is 10.4. The number of benzene rings is 4.